The monoisotopic (exact) mass is 304 g/mol. The third kappa shape index (κ3) is 3.41. The Balaban J connectivity index is 2.34. The second kappa shape index (κ2) is 6.72. The number of hydrogen-bond acceptors (Lipinski definition) is 6. The van der Waals surface area contributed by atoms with Crippen LogP contribution >= 0.6 is 0 Å². The van der Waals surface area contributed by atoms with E-state index >= 15 is 0 Å². The lowest BCUT2D eigenvalue weighted by Gasteiger charge is -2.18. The van der Waals surface area contributed by atoms with Crippen molar-refractivity contribution in [3.05, 3.63) is 41.1 Å². The first-order chi connectivity index (χ1) is 10.5. The second-order valence-corrected chi connectivity index (χ2v) is 4.37. The SMILES string of the molecule is CCON(C=O)c1cc(Oc2ccc(C)cc2)nc(N)[n+]1[O-]. The number of aryl methyl sites for hydroxylation is 1. The van der Waals surface area contributed by atoms with Gasteiger partial charge in [0.05, 0.1) is 12.7 Å². The first-order valence-corrected chi connectivity index (χ1v) is 6.57. The first kappa shape index (κ1) is 15.5. The minimum Gasteiger partial charge on any atom is -0.754 e. The Kier molecular flexibility index (Phi) is 4.74. The van der Waals surface area contributed by atoms with Crippen molar-refractivity contribution in [1.29, 1.82) is 0 Å². The molecular weight excluding hydrogens is 288 g/mol. The summed E-state index contributed by atoms with van der Waals surface area (Å²) in [7, 11) is 0. The Morgan fingerprint density at radius 1 is 1.41 bits per heavy atom. The van der Waals surface area contributed by atoms with E-state index in [9.17, 15) is 10.0 Å². The average Bonchev–Trinajstić information content (AvgIpc) is 2.51. The van der Waals surface area contributed by atoms with Crippen LogP contribution in [-0.2, 0) is 9.63 Å². The summed E-state index contributed by atoms with van der Waals surface area (Å²) in [5.74, 6) is 0.119. The number of nitrogen functional groups attached to an aromatic ring is 1. The number of carbonyl (C=O) groups is 1. The maximum atomic E-state index is 11.9. The van der Waals surface area contributed by atoms with Crippen LogP contribution in [0.1, 0.15) is 12.5 Å². The Bertz CT molecular complexity index is 661. The molecule has 8 heteroatoms. The number of nitrogens with zero attached hydrogens (tertiary/aromatic N) is 3. The molecule has 0 saturated heterocycles. The molecule has 2 rings (SSSR count). The molecule has 0 aliphatic rings. The van der Waals surface area contributed by atoms with Gasteiger partial charge in [-0.2, -0.15) is 0 Å². The topological polar surface area (TPSA) is 105 Å². The van der Waals surface area contributed by atoms with Crippen molar-refractivity contribution in [2.45, 2.75) is 13.8 Å². The molecule has 0 aliphatic carbocycles. The highest BCUT2D eigenvalue weighted by Gasteiger charge is 2.19. The molecule has 1 amide bonds. The van der Waals surface area contributed by atoms with E-state index in [4.69, 9.17) is 15.3 Å². The number of hydrogen-bond donors (Lipinski definition) is 1. The molecule has 1 aromatic heterocycles. The standard InChI is InChI=1S/C14H16N4O4/c1-3-21-17(9-19)13-8-12(16-14(15)18(13)20)22-11-6-4-10(2)5-7-11/h4-9H,3H2,1-2H3,(H2,15,16). The molecule has 0 bridgehead atoms. The zero-order chi connectivity index (χ0) is 16.1. The highest BCUT2D eigenvalue weighted by atomic mass is 16.7. The van der Waals surface area contributed by atoms with Crippen LogP contribution in [0, 0.1) is 12.1 Å². The van der Waals surface area contributed by atoms with Crippen LogP contribution in [-0.4, -0.2) is 18.0 Å². The number of ether oxygens (including phenoxy) is 1. The number of anilines is 2. The van der Waals surface area contributed by atoms with Crippen molar-refractivity contribution < 1.29 is 19.1 Å². The minimum absolute atomic E-state index is 0.0787. The van der Waals surface area contributed by atoms with Crippen molar-refractivity contribution in [2.24, 2.45) is 0 Å². The average molecular weight is 304 g/mol. The predicted octanol–water partition coefficient (Wildman–Crippen LogP) is 1.31. The van der Waals surface area contributed by atoms with Gasteiger partial charge in [0.25, 0.3) is 12.3 Å². The van der Waals surface area contributed by atoms with E-state index in [2.05, 4.69) is 4.98 Å². The Labute approximate surface area is 127 Å². The van der Waals surface area contributed by atoms with Gasteiger partial charge in [-0.05, 0) is 26.0 Å². The minimum atomic E-state index is -0.355. The molecule has 22 heavy (non-hydrogen) atoms. The zero-order valence-corrected chi connectivity index (χ0v) is 12.2. The van der Waals surface area contributed by atoms with Crippen LogP contribution < -0.4 is 20.3 Å². The number of carbonyl (C=O) groups excluding carboxylic acids is 1. The van der Waals surface area contributed by atoms with E-state index in [0.29, 0.717) is 12.2 Å². The highest BCUT2D eigenvalue weighted by Crippen LogP contribution is 2.23. The Hall–Kier alpha value is -2.87. The lowest BCUT2D eigenvalue weighted by atomic mass is 10.2. The summed E-state index contributed by atoms with van der Waals surface area (Å²) in [5.41, 5.74) is 6.63. The summed E-state index contributed by atoms with van der Waals surface area (Å²) < 4.78 is 5.82. The van der Waals surface area contributed by atoms with Crippen LogP contribution in [0.25, 0.3) is 0 Å². The molecule has 0 atom stereocenters. The fraction of sp³-hybridized carbons (Fsp3) is 0.214. The van der Waals surface area contributed by atoms with Crippen LogP contribution in [0.4, 0.5) is 11.8 Å². The molecule has 0 radical (unpaired) electrons. The van der Waals surface area contributed by atoms with E-state index < -0.39 is 0 Å². The molecule has 8 nitrogen and oxygen atoms in total. The van der Waals surface area contributed by atoms with Gasteiger partial charge in [-0.25, -0.2) is 9.57 Å². The molecule has 0 saturated carbocycles. The number of benzene rings is 1. The van der Waals surface area contributed by atoms with Crippen molar-refractivity contribution in [3.63, 3.8) is 0 Å². The molecule has 0 unspecified atom stereocenters. The molecule has 0 aliphatic heterocycles. The summed E-state index contributed by atoms with van der Waals surface area (Å²) in [5, 5.41) is 12.7. The number of nitrogens with two attached hydrogens (primary N) is 1. The normalized spacial score (nSPS) is 10.3. The van der Waals surface area contributed by atoms with Crippen LogP contribution in [0.15, 0.2) is 30.3 Å². The van der Waals surface area contributed by atoms with Gasteiger partial charge in [0.2, 0.25) is 5.82 Å². The third-order valence-electron chi connectivity index (χ3n) is 2.73. The largest absolute Gasteiger partial charge is 0.754 e. The molecule has 0 fully saturated rings. The lowest BCUT2D eigenvalue weighted by molar-refractivity contribution is -0.581. The smallest absolute Gasteiger partial charge is 0.347 e. The van der Waals surface area contributed by atoms with E-state index in [1.54, 1.807) is 19.1 Å². The van der Waals surface area contributed by atoms with Crippen molar-refractivity contribution in [3.8, 4) is 11.6 Å². The fourth-order valence-electron chi connectivity index (χ4n) is 1.70. The van der Waals surface area contributed by atoms with Gasteiger partial charge in [0.1, 0.15) is 5.75 Å². The number of hydroxylamine groups is 1. The van der Waals surface area contributed by atoms with Crippen LogP contribution in [0.3, 0.4) is 0 Å². The van der Waals surface area contributed by atoms with Crippen LogP contribution in [0.5, 0.6) is 11.6 Å². The van der Waals surface area contributed by atoms with Gasteiger partial charge in [-0.1, -0.05) is 22.7 Å². The Morgan fingerprint density at radius 2 is 2.09 bits per heavy atom. The summed E-state index contributed by atoms with van der Waals surface area (Å²) in [4.78, 5) is 19.9. The fourth-order valence-corrected chi connectivity index (χ4v) is 1.70. The lowest BCUT2D eigenvalue weighted by Crippen LogP contribution is -2.40. The number of aromatic nitrogens is 2. The summed E-state index contributed by atoms with van der Waals surface area (Å²) in [6.45, 7) is 3.83. The van der Waals surface area contributed by atoms with E-state index in [0.717, 1.165) is 10.6 Å². The van der Waals surface area contributed by atoms with Gasteiger partial charge in [-0.3, -0.25) is 4.79 Å². The summed E-state index contributed by atoms with van der Waals surface area (Å²) in [6, 6.07) is 8.52. The molecule has 0 spiro atoms. The van der Waals surface area contributed by atoms with Crippen molar-refractivity contribution in [2.75, 3.05) is 17.4 Å². The number of rotatable bonds is 6. The highest BCUT2D eigenvalue weighted by molar-refractivity contribution is 5.68. The van der Waals surface area contributed by atoms with Crippen molar-refractivity contribution in [1.82, 2.24) is 4.98 Å². The molecule has 116 valence electrons. The molecule has 1 heterocycles. The summed E-state index contributed by atoms with van der Waals surface area (Å²) >= 11 is 0. The summed E-state index contributed by atoms with van der Waals surface area (Å²) in [6.07, 6.45) is 0.363. The first-order valence-electron chi connectivity index (χ1n) is 6.57. The molecule has 2 N–H and O–H groups in total. The number of amides is 1. The zero-order valence-electron chi connectivity index (χ0n) is 12.2. The van der Waals surface area contributed by atoms with E-state index in [1.165, 1.54) is 6.07 Å². The van der Waals surface area contributed by atoms with E-state index in [1.807, 2.05) is 19.1 Å². The third-order valence-corrected chi connectivity index (χ3v) is 2.73. The second-order valence-electron chi connectivity index (χ2n) is 4.37. The van der Waals surface area contributed by atoms with Gasteiger partial charge in [0, 0.05) is 0 Å². The van der Waals surface area contributed by atoms with E-state index in [-0.39, 0.29) is 29.0 Å². The van der Waals surface area contributed by atoms with Crippen LogP contribution in [0.2, 0.25) is 0 Å². The quantitative estimate of drug-likeness (QED) is 0.373. The maximum absolute atomic E-state index is 11.9. The van der Waals surface area contributed by atoms with Gasteiger partial charge < -0.3 is 15.7 Å². The molecule has 1 aromatic carbocycles. The van der Waals surface area contributed by atoms with Crippen molar-refractivity contribution >= 4 is 18.2 Å². The molecular formula is C14H16N4O4. The molecule has 2 aromatic rings. The Morgan fingerprint density at radius 3 is 2.68 bits per heavy atom. The predicted molar refractivity (Wildman–Crippen MR) is 79.0 cm³/mol. The van der Waals surface area contributed by atoms with Gasteiger partial charge in [-0.15, -0.1) is 5.06 Å². The van der Waals surface area contributed by atoms with Gasteiger partial charge >= 0.3 is 5.95 Å². The van der Waals surface area contributed by atoms with Gasteiger partial charge in [0.15, 0.2) is 0 Å². The maximum Gasteiger partial charge on any atom is 0.347 e.